The Bertz CT molecular complexity index is 687. The van der Waals surface area contributed by atoms with E-state index in [1.807, 2.05) is 0 Å². The Balaban J connectivity index is 2.04. The third-order valence-electron chi connectivity index (χ3n) is 3.32. The van der Waals surface area contributed by atoms with Gasteiger partial charge in [-0.05, 0) is 39.3 Å². The summed E-state index contributed by atoms with van der Waals surface area (Å²) < 4.78 is 5.08. The number of nitrogens with zero attached hydrogens (tertiary/aromatic N) is 1. The molecule has 3 amide bonds. The number of alkyl carbamates (subject to hydrolysis) is 1. The Kier molecular flexibility index (Phi) is 5.10. The van der Waals surface area contributed by atoms with Crippen molar-refractivity contribution < 1.29 is 28.8 Å². The van der Waals surface area contributed by atoms with E-state index >= 15 is 0 Å². The van der Waals surface area contributed by atoms with Gasteiger partial charge in [-0.25, -0.2) is 9.59 Å². The van der Waals surface area contributed by atoms with E-state index in [0.29, 0.717) is 5.06 Å². The fourth-order valence-electron chi connectivity index (χ4n) is 2.18. The molecule has 1 aliphatic heterocycles. The Hall–Kier alpha value is -2.90. The monoisotopic (exact) mass is 348 g/mol. The van der Waals surface area contributed by atoms with Crippen LogP contribution in [0, 0.1) is 0 Å². The summed E-state index contributed by atoms with van der Waals surface area (Å²) in [7, 11) is 0. The van der Waals surface area contributed by atoms with Crippen LogP contribution in [0.5, 0.6) is 0 Å². The van der Waals surface area contributed by atoms with Gasteiger partial charge in [0, 0.05) is 0 Å². The molecule has 8 nitrogen and oxygen atoms in total. The number of benzene rings is 1. The molecule has 1 heterocycles. The van der Waals surface area contributed by atoms with E-state index in [0.717, 1.165) is 0 Å². The number of hydroxylamine groups is 2. The van der Waals surface area contributed by atoms with E-state index < -0.39 is 35.5 Å². The van der Waals surface area contributed by atoms with Crippen LogP contribution in [0.25, 0.3) is 0 Å². The molecule has 8 heteroatoms. The highest BCUT2D eigenvalue weighted by Gasteiger charge is 2.39. The number of hydrogen-bond acceptors (Lipinski definition) is 6. The zero-order chi connectivity index (χ0) is 18.8. The van der Waals surface area contributed by atoms with Crippen LogP contribution in [0.3, 0.4) is 0 Å². The van der Waals surface area contributed by atoms with E-state index in [1.165, 1.54) is 12.1 Å². The van der Waals surface area contributed by atoms with Gasteiger partial charge in [0.1, 0.15) is 11.6 Å². The van der Waals surface area contributed by atoms with Crippen molar-refractivity contribution in [3.63, 3.8) is 0 Å². The van der Waals surface area contributed by atoms with Crippen molar-refractivity contribution in [3.05, 3.63) is 35.4 Å². The van der Waals surface area contributed by atoms with Crippen molar-refractivity contribution in [1.82, 2.24) is 10.4 Å². The van der Waals surface area contributed by atoms with Gasteiger partial charge in [0.15, 0.2) is 0 Å². The number of fused-ring (bicyclic) bond motifs is 1. The Labute approximate surface area is 145 Å². The molecule has 1 aromatic rings. The lowest BCUT2D eigenvalue weighted by molar-refractivity contribution is -0.171. The quantitative estimate of drug-likeness (QED) is 0.836. The molecule has 1 aliphatic rings. The first-order valence-electron chi connectivity index (χ1n) is 7.83. The summed E-state index contributed by atoms with van der Waals surface area (Å²) in [5.41, 5.74) is -0.406. The van der Waals surface area contributed by atoms with Crippen molar-refractivity contribution in [3.8, 4) is 0 Å². The Morgan fingerprint density at radius 3 is 2.08 bits per heavy atom. The molecule has 0 fully saturated rings. The average Bonchev–Trinajstić information content (AvgIpc) is 2.76. The molecule has 0 bridgehead atoms. The fourth-order valence-corrected chi connectivity index (χ4v) is 2.18. The van der Waals surface area contributed by atoms with Crippen molar-refractivity contribution >= 4 is 23.9 Å². The Morgan fingerprint density at radius 2 is 1.64 bits per heavy atom. The van der Waals surface area contributed by atoms with Gasteiger partial charge in [-0.2, -0.15) is 0 Å². The topological polar surface area (TPSA) is 102 Å². The maximum Gasteiger partial charge on any atom is 0.408 e. The molecule has 1 N–H and O–H groups in total. The van der Waals surface area contributed by atoms with Crippen molar-refractivity contribution in [1.29, 1.82) is 0 Å². The van der Waals surface area contributed by atoms with E-state index in [1.54, 1.807) is 39.8 Å². The van der Waals surface area contributed by atoms with Crippen LogP contribution in [0.15, 0.2) is 24.3 Å². The Morgan fingerprint density at radius 1 is 1.12 bits per heavy atom. The second-order valence-electron chi connectivity index (χ2n) is 6.47. The highest BCUT2D eigenvalue weighted by Crippen LogP contribution is 2.23. The van der Waals surface area contributed by atoms with Crippen LogP contribution in [0.1, 0.15) is 54.8 Å². The normalized spacial score (nSPS) is 14.8. The second kappa shape index (κ2) is 6.92. The SMILES string of the molecule is CC[C@H](NC(=O)OC(C)(C)C)C(=O)ON1C(=O)c2ccccc2C1=O. The van der Waals surface area contributed by atoms with Crippen LogP contribution in [0.4, 0.5) is 4.79 Å². The number of hydrogen-bond donors (Lipinski definition) is 1. The predicted molar refractivity (Wildman–Crippen MR) is 86.5 cm³/mol. The molecular weight excluding hydrogens is 328 g/mol. The lowest BCUT2D eigenvalue weighted by Gasteiger charge is -2.23. The van der Waals surface area contributed by atoms with Gasteiger partial charge >= 0.3 is 12.1 Å². The number of imide groups is 1. The van der Waals surface area contributed by atoms with Gasteiger partial charge in [-0.3, -0.25) is 9.59 Å². The predicted octanol–water partition coefficient (Wildman–Crippen LogP) is 2.04. The molecular formula is C17H20N2O6. The second-order valence-corrected chi connectivity index (χ2v) is 6.47. The third kappa shape index (κ3) is 4.14. The first-order chi connectivity index (χ1) is 11.6. The largest absolute Gasteiger partial charge is 0.444 e. The number of carbonyl (C=O) groups excluding carboxylic acids is 4. The smallest absolute Gasteiger partial charge is 0.408 e. The summed E-state index contributed by atoms with van der Waals surface area (Å²) in [5.74, 6) is -2.37. The van der Waals surface area contributed by atoms with Gasteiger partial charge in [0.2, 0.25) is 0 Å². The maximum absolute atomic E-state index is 12.2. The van der Waals surface area contributed by atoms with Crippen LogP contribution in [0.2, 0.25) is 0 Å². The van der Waals surface area contributed by atoms with Crippen LogP contribution < -0.4 is 5.32 Å². The number of nitrogens with one attached hydrogen (secondary N) is 1. The zero-order valence-corrected chi connectivity index (χ0v) is 14.5. The van der Waals surface area contributed by atoms with Crippen molar-refractivity contribution in [2.75, 3.05) is 0 Å². The zero-order valence-electron chi connectivity index (χ0n) is 14.5. The highest BCUT2D eigenvalue weighted by molar-refractivity contribution is 6.20. The van der Waals surface area contributed by atoms with Crippen molar-refractivity contribution in [2.24, 2.45) is 0 Å². The molecule has 0 aromatic heterocycles. The summed E-state index contributed by atoms with van der Waals surface area (Å²) >= 11 is 0. The van der Waals surface area contributed by atoms with Crippen LogP contribution >= 0.6 is 0 Å². The first kappa shape index (κ1) is 18.4. The van der Waals surface area contributed by atoms with E-state index in [4.69, 9.17) is 9.57 Å². The minimum absolute atomic E-state index is 0.161. The minimum atomic E-state index is -1.06. The summed E-state index contributed by atoms with van der Waals surface area (Å²) in [6.45, 7) is 6.70. The number of carbonyl (C=O) groups is 4. The highest BCUT2D eigenvalue weighted by atomic mass is 16.7. The van der Waals surface area contributed by atoms with Crippen LogP contribution in [-0.4, -0.2) is 40.6 Å². The fraction of sp³-hybridized carbons (Fsp3) is 0.412. The number of rotatable bonds is 4. The average molecular weight is 348 g/mol. The van der Waals surface area contributed by atoms with Crippen LogP contribution in [-0.2, 0) is 14.4 Å². The minimum Gasteiger partial charge on any atom is -0.444 e. The van der Waals surface area contributed by atoms with Gasteiger partial charge in [-0.15, -0.1) is 0 Å². The van der Waals surface area contributed by atoms with E-state index in [-0.39, 0.29) is 17.5 Å². The lowest BCUT2D eigenvalue weighted by Crippen LogP contribution is -2.46. The van der Waals surface area contributed by atoms with Gasteiger partial charge in [-0.1, -0.05) is 24.1 Å². The molecule has 0 saturated heterocycles. The van der Waals surface area contributed by atoms with E-state index in [9.17, 15) is 19.2 Å². The molecule has 25 heavy (non-hydrogen) atoms. The molecule has 134 valence electrons. The molecule has 0 spiro atoms. The standard InChI is InChI=1S/C17H20N2O6/c1-5-12(18-16(23)24-17(2,3)4)15(22)25-19-13(20)10-8-6-7-9-11(10)14(19)21/h6-9,12H,5H2,1-4H3,(H,18,23)/t12-/m0/s1. The molecule has 0 saturated carbocycles. The molecule has 0 aliphatic carbocycles. The maximum atomic E-state index is 12.2. The molecule has 1 atom stereocenters. The molecule has 1 aromatic carbocycles. The first-order valence-corrected chi connectivity index (χ1v) is 7.83. The number of amides is 3. The molecule has 0 unspecified atom stereocenters. The third-order valence-corrected chi connectivity index (χ3v) is 3.32. The number of ether oxygens (including phenoxy) is 1. The summed E-state index contributed by atoms with van der Waals surface area (Å²) in [6, 6.07) is 5.10. The van der Waals surface area contributed by atoms with Gasteiger partial charge in [0.25, 0.3) is 11.8 Å². The van der Waals surface area contributed by atoms with Gasteiger partial charge < -0.3 is 14.9 Å². The summed E-state index contributed by atoms with van der Waals surface area (Å²) in [5, 5.41) is 2.77. The van der Waals surface area contributed by atoms with Crippen molar-refractivity contribution in [2.45, 2.75) is 45.8 Å². The molecule has 2 rings (SSSR count). The molecule has 0 radical (unpaired) electrons. The van der Waals surface area contributed by atoms with Gasteiger partial charge in [0.05, 0.1) is 11.1 Å². The lowest BCUT2D eigenvalue weighted by atomic mass is 10.1. The van der Waals surface area contributed by atoms with E-state index in [2.05, 4.69) is 5.32 Å². The summed E-state index contributed by atoms with van der Waals surface area (Å²) in [4.78, 5) is 53.3. The summed E-state index contributed by atoms with van der Waals surface area (Å²) in [6.07, 6.45) is -0.597.